The summed E-state index contributed by atoms with van der Waals surface area (Å²) in [5, 5.41) is 4.59. The highest BCUT2D eigenvalue weighted by atomic mass is 32.2. The molecule has 3 heterocycles. The van der Waals surface area contributed by atoms with Crippen LogP contribution in [0, 0.1) is 17.6 Å². The molecule has 5 rings (SSSR count). The van der Waals surface area contributed by atoms with E-state index in [1.54, 1.807) is 29.0 Å². The quantitative estimate of drug-likeness (QED) is 0.250. The molecule has 1 aromatic carbocycles. The van der Waals surface area contributed by atoms with E-state index in [1.807, 2.05) is 26.1 Å². The predicted molar refractivity (Wildman–Crippen MR) is 164 cm³/mol. The van der Waals surface area contributed by atoms with Gasteiger partial charge in [-0.1, -0.05) is 6.92 Å². The van der Waals surface area contributed by atoms with Crippen molar-refractivity contribution < 1.29 is 26.7 Å². The number of ether oxygens (including phenoxy) is 2. The van der Waals surface area contributed by atoms with E-state index in [0.717, 1.165) is 17.5 Å². The van der Waals surface area contributed by atoms with Crippen molar-refractivity contribution in [1.29, 1.82) is 0 Å². The third kappa shape index (κ3) is 7.48. The first kappa shape index (κ1) is 32.1. The van der Waals surface area contributed by atoms with E-state index < -0.39 is 21.5 Å². The normalized spacial score (nSPS) is 20.9. The summed E-state index contributed by atoms with van der Waals surface area (Å²) in [5.74, 6) is -0.590. The Balaban J connectivity index is 1.37. The van der Waals surface area contributed by atoms with Crippen LogP contribution >= 0.6 is 0 Å². The number of pyridine rings is 1. The van der Waals surface area contributed by atoms with E-state index in [9.17, 15) is 8.42 Å². The Morgan fingerprint density at radius 3 is 2.55 bits per heavy atom. The van der Waals surface area contributed by atoms with Crippen LogP contribution in [0.2, 0.25) is 0 Å². The van der Waals surface area contributed by atoms with Gasteiger partial charge in [0.25, 0.3) is 0 Å². The number of hydrogen-bond acceptors (Lipinski definition) is 8. The molecule has 44 heavy (non-hydrogen) atoms. The van der Waals surface area contributed by atoms with Crippen molar-refractivity contribution in [1.82, 2.24) is 19.6 Å². The number of hydrogen-bond donors (Lipinski definition) is 1. The van der Waals surface area contributed by atoms with Crippen LogP contribution in [0.25, 0.3) is 16.8 Å². The van der Waals surface area contributed by atoms with Gasteiger partial charge in [0.05, 0.1) is 54.1 Å². The van der Waals surface area contributed by atoms with E-state index in [-0.39, 0.29) is 60.3 Å². The van der Waals surface area contributed by atoms with Crippen LogP contribution in [-0.4, -0.2) is 64.9 Å². The Hall–Kier alpha value is -3.32. The van der Waals surface area contributed by atoms with E-state index in [4.69, 9.17) is 15.2 Å². The van der Waals surface area contributed by atoms with Gasteiger partial charge < -0.3 is 15.2 Å². The molecule has 1 aliphatic carbocycles. The summed E-state index contributed by atoms with van der Waals surface area (Å²) >= 11 is 0. The van der Waals surface area contributed by atoms with Gasteiger partial charge in [0.1, 0.15) is 27.3 Å². The number of halogens is 2. The van der Waals surface area contributed by atoms with Gasteiger partial charge in [0.15, 0.2) is 0 Å². The molecule has 3 aromatic heterocycles. The summed E-state index contributed by atoms with van der Waals surface area (Å²) in [6, 6.07) is 7.62. The molecule has 236 valence electrons. The summed E-state index contributed by atoms with van der Waals surface area (Å²) in [6.07, 6.45) is 8.04. The van der Waals surface area contributed by atoms with Gasteiger partial charge in [-0.15, -0.1) is 0 Å². The van der Waals surface area contributed by atoms with E-state index in [1.165, 1.54) is 18.4 Å². The molecular formula is C32H39F2N5O4S. The molecule has 4 atom stereocenters. The van der Waals surface area contributed by atoms with Crippen molar-refractivity contribution >= 4 is 15.4 Å². The zero-order valence-electron chi connectivity index (χ0n) is 25.4. The molecule has 1 saturated carbocycles. The lowest BCUT2D eigenvalue weighted by Crippen LogP contribution is -2.47. The van der Waals surface area contributed by atoms with Crippen molar-refractivity contribution in [3.8, 4) is 11.3 Å². The monoisotopic (exact) mass is 627 g/mol. The van der Waals surface area contributed by atoms with Gasteiger partial charge in [-0.2, -0.15) is 5.10 Å². The van der Waals surface area contributed by atoms with Gasteiger partial charge in [0.2, 0.25) is 0 Å². The van der Waals surface area contributed by atoms with Crippen LogP contribution in [0.5, 0.6) is 0 Å². The molecule has 0 unspecified atom stereocenters. The number of nitrogens with zero attached hydrogens (tertiary/aromatic N) is 4. The lowest BCUT2D eigenvalue weighted by molar-refractivity contribution is -0.0154. The predicted octanol–water partition coefficient (Wildman–Crippen LogP) is 4.86. The highest BCUT2D eigenvalue weighted by Crippen LogP contribution is 2.38. The molecule has 1 fully saturated rings. The Kier molecular flexibility index (Phi) is 9.74. The maximum Gasteiger partial charge on any atom is 0.149 e. The van der Waals surface area contributed by atoms with Gasteiger partial charge >= 0.3 is 0 Å². The Morgan fingerprint density at radius 1 is 1.11 bits per heavy atom. The fourth-order valence-corrected chi connectivity index (χ4v) is 6.40. The molecule has 0 saturated heterocycles. The fourth-order valence-electron chi connectivity index (χ4n) is 6.00. The average Bonchev–Trinajstić information content (AvgIpc) is 3.34. The summed E-state index contributed by atoms with van der Waals surface area (Å²) in [5.41, 5.74) is 9.67. The maximum absolute atomic E-state index is 15.2. The second-order valence-corrected chi connectivity index (χ2v) is 14.3. The van der Waals surface area contributed by atoms with Gasteiger partial charge in [-0.05, 0) is 85.5 Å². The number of nitrogens with two attached hydrogens (primary N) is 1. The third-order valence-electron chi connectivity index (χ3n) is 8.09. The summed E-state index contributed by atoms with van der Waals surface area (Å²) in [6.45, 7) is 6.03. The molecule has 0 bridgehead atoms. The van der Waals surface area contributed by atoms with Crippen LogP contribution in [0.4, 0.5) is 8.78 Å². The molecule has 12 heteroatoms. The van der Waals surface area contributed by atoms with E-state index >= 15 is 8.78 Å². The van der Waals surface area contributed by atoms with E-state index in [2.05, 4.69) is 22.0 Å². The zero-order valence-corrected chi connectivity index (χ0v) is 26.2. The molecular weight excluding hydrogens is 588 g/mol. The first-order chi connectivity index (χ1) is 20.9. The maximum atomic E-state index is 15.2. The molecule has 0 amide bonds. The Morgan fingerprint density at radius 2 is 1.86 bits per heavy atom. The van der Waals surface area contributed by atoms with Crippen LogP contribution in [0.3, 0.4) is 0 Å². The van der Waals surface area contributed by atoms with Crippen LogP contribution in [-0.2, 0) is 32.3 Å². The number of rotatable bonds is 11. The lowest BCUT2D eigenvalue weighted by atomic mass is 9.73. The minimum atomic E-state index is -3.12. The molecule has 0 aliphatic heterocycles. The summed E-state index contributed by atoms with van der Waals surface area (Å²) < 4.78 is 66.4. The first-order valence-electron chi connectivity index (χ1n) is 14.8. The summed E-state index contributed by atoms with van der Waals surface area (Å²) in [4.78, 5) is 8.94. The number of benzene rings is 1. The molecule has 4 aromatic rings. The van der Waals surface area contributed by atoms with Crippen molar-refractivity contribution in [3.05, 3.63) is 83.1 Å². The molecule has 0 radical (unpaired) electrons. The smallest absolute Gasteiger partial charge is 0.149 e. The van der Waals surface area contributed by atoms with E-state index in [0.29, 0.717) is 29.7 Å². The SMILES string of the molecule is CC(C)OCc1cc(F)c(-c2ccc3cnc(Cc4cnccc4[C@H]4C[C@@H](N)[C@@H](OCCS(C)(=O)=O)[C@@H](C)C4)n3n2)c(F)c1. The minimum Gasteiger partial charge on any atom is -0.375 e. The highest BCUT2D eigenvalue weighted by molar-refractivity contribution is 7.90. The molecule has 9 nitrogen and oxygen atoms in total. The molecule has 0 spiro atoms. The van der Waals surface area contributed by atoms with Crippen LogP contribution < -0.4 is 5.73 Å². The first-order valence-corrected chi connectivity index (χ1v) is 16.9. The largest absolute Gasteiger partial charge is 0.375 e. The fraction of sp³-hybridized carbons (Fsp3) is 0.469. The number of sulfone groups is 1. The second-order valence-electron chi connectivity index (χ2n) is 12.0. The molecule has 1 aliphatic rings. The summed E-state index contributed by atoms with van der Waals surface area (Å²) in [7, 11) is -3.12. The Bertz CT molecular complexity index is 1690. The zero-order chi connectivity index (χ0) is 31.6. The third-order valence-corrected chi connectivity index (χ3v) is 8.99. The van der Waals surface area contributed by atoms with Crippen molar-refractivity contribution in [2.45, 2.75) is 70.8 Å². The van der Waals surface area contributed by atoms with Crippen LogP contribution in [0.15, 0.2) is 48.9 Å². The standard InChI is InChI=1S/C32H39F2N5O4S/c1-19(2)43-18-21-12-26(33)31(27(34)13-21)29-6-5-24-17-37-30(39(24)38-29)15-23-16-36-8-7-25(23)22-11-20(3)32(28(35)14-22)42-9-10-44(4,40)41/h5-8,12-13,16-17,19-20,22,28,32H,9-11,14-15,18,35H2,1-4H3/t20-,22+,28+,32-/m0/s1. The Labute approximate surface area is 256 Å². The average molecular weight is 628 g/mol. The minimum absolute atomic E-state index is 0.0350. The van der Waals surface area contributed by atoms with Crippen molar-refractivity contribution in [2.24, 2.45) is 11.7 Å². The topological polar surface area (TPSA) is 122 Å². The number of fused-ring (bicyclic) bond motifs is 1. The van der Waals surface area contributed by atoms with Crippen molar-refractivity contribution in [2.75, 3.05) is 18.6 Å². The number of imidazole rings is 1. The second kappa shape index (κ2) is 13.4. The lowest BCUT2D eigenvalue weighted by Gasteiger charge is -2.39. The van der Waals surface area contributed by atoms with Gasteiger partial charge in [-0.3, -0.25) is 4.98 Å². The molecule has 2 N–H and O–H groups in total. The van der Waals surface area contributed by atoms with Gasteiger partial charge in [0, 0.05) is 31.1 Å². The van der Waals surface area contributed by atoms with Crippen molar-refractivity contribution in [3.63, 3.8) is 0 Å². The highest BCUT2D eigenvalue weighted by Gasteiger charge is 2.36. The van der Waals surface area contributed by atoms with Crippen LogP contribution in [0.1, 0.15) is 62.0 Å². The number of aromatic nitrogens is 4. The van der Waals surface area contributed by atoms with Gasteiger partial charge in [-0.25, -0.2) is 26.7 Å².